The van der Waals surface area contributed by atoms with Gasteiger partial charge in [0.25, 0.3) is 0 Å². The van der Waals surface area contributed by atoms with E-state index in [4.69, 9.17) is 4.74 Å². The maximum absolute atomic E-state index is 6.03. The van der Waals surface area contributed by atoms with Crippen LogP contribution >= 0.6 is 0 Å². The van der Waals surface area contributed by atoms with Crippen molar-refractivity contribution in [1.29, 1.82) is 0 Å². The van der Waals surface area contributed by atoms with Gasteiger partial charge in [0, 0.05) is 6.54 Å². The minimum absolute atomic E-state index is 0.578. The molecule has 2 nitrogen and oxygen atoms in total. The lowest BCUT2D eigenvalue weighted by Crippen LogP contribution is -2.36. The van der Waals surface area contributed by atoms with Crippen LogP contribution in [0, 0.1) is 5.92 Å². The average molecular weight is 338 g/mol. The molecule has 1 fully saturated rings. The van der Waals surface area contributed by atoms with Crippen molar-refractivity contribution in [2.75, 3.05) is 26.2 Å². The van der Waals surface area contributed by atoms with Gasteiger partial charge in [-0.1, -0.05) is 56.3 Å². The predicted molar refractivity (Wildman–Crippen MR) is 105 cm³/mol. The molecule has 0 bridgehead atoms. The van der Waals surface area contributed by atoms with Crippen molar-refractivity contribution in [3.63, 3.8) is 0 Å². The van der Waals surface area contributed by atoms with E-state index in [1.54, 1.807) is 0 Å². The Morgan fingerprint density at radius 3 is 2.28 bits per heavy atom. The van der Waals surface area contributed by atoms with Gasteiger partial charge in [0.15, 0.2) is 0 Å². The zero-order valence-electron chi connectivity index (χ0n) is 15.7. The zero-order chi connectivity index (χ0) is 17.5. The van der Waals surface area contributed by atoms with Gasteiger partial charge in [0.05, 0.1) is 6.61 Å². The lowest BCUT2D eigenvalue weighted by Gasteiger charge is -2.31. The van der Waals surface area contributed by atoms with Crippen LogP contribution in [0.4, 0.5) is 0 Å². The van der Waals surface area contributed by atoms with Crippen LogP contribution in [0.3, 0.4) is 0 Å². The molecule has 1 aliphatic heterocycles. The first kappa shape index (κ1) is 18.0. The van der Waals surface area contributed by atoms with Crippen molar-refractivity contribution in [3.8, 4) is 5.75 Å². The highest BCUT2D eigenvalue weighted by atomic mass is 16.5. The third-order valence-electron chi connectivity index (χ3n) is 5.30. The number of piperidine rings is 1. The van der Waals surface area contributed by atoms with Crippen LogP contribution < -0.4 is 4.74 Å². The summed E-state index contributed by atoms with van der Waals surface area (Å²) in [4.78, 5) is 2.60. The fourth-order valence-corrected chi connectivity index (χ4v) is 3.47. The zero-order valence-corrected chi connectivity index (χ0v) is 15.7. The summed E-state index contributed by atoms with van der Waals surface area (Å²) in [6, 6.07) is 19.4. The molecule has 3 rings (SSSR count). The van der Waals surface area contributed by atoms with Crippen LogP contribution in [0.15, 0.2) is 54.6 Å². The third-order valence-corrected chi connectivity index (χ3v) is 5.30. The third kappa shape index (κ3) is 5.61. The first-order chi connectivity index (χ1) is 12.2. The first-order valence-corrected chi connectivity index (χ1v) is 9.70. The highest BCUT2D eigenvalue weighted by molar-refractivity contribution is 5.28. The SMILES string of the molecule is CC(C)c1ccc(OCC2CCN(CCc3ccccc3)CC2)cc1. The Morgan fingerprint density at radius 2 is 1.64 bits per heavy atom. The minimum Gasteiger partial charge on any atom is -0.493 e. The number of benzene rings is 2. The Morgan fingerprint density at radius 1 is 0.960 bits per heavy atom. The summed E-state index contributed by atoms with van der Waals surface area (Å²) < 4.78 is 6.03. The quantitative estimate of drug-likeness (QED) is 0.693. The summed E-state index contributed by atoms with van der Waals surface area (Å²) in [6.45, 7) is 8.88. The van der Waals surface area contributed by atoms with Gasteiger partial charge in [-0.05, 0) is 67.4 Å². The number of rotatable bonds is 7. The highest BCUT2D eigenvalue weighted by Gasteiger charge is 2.19. The normalized spacial score (nSPS) is 16.3. The van der Waals surface area contributed by atoms with E-state index in [-0.39, 0.29) is 0 Å². The largest absolute Gasteiger partial charge is 0.493 e. The molecule has 134 valence electrons. The van der Waals surface area contributed by atoms with Gasteiger partial charge in [-0.25, -0.2) is 0 Å². The second kappa shape index (κ2) is 9.05. The molecular weight excluding hydrogens is 306 g/mol. The maximum atomic E-state index is 6.03. The van der Waals surface area contributed by atoms with Gasteiger partial charge in [-0.2, -0.15) is 0 Å². The van der Waals surface area contributed by atoms with E-state index in [1.807, 2.05) is 0 Å². The molecule has 25 heavy (non-hydrogen) atoms. The number of hydrogen-bond donors (Lipinski definition) is 0. The molecule has 1 saturated heterocycles. The van der Waals surface area contributed by atoms with Crippen molar-refractivity contribution in [2.24, 2.45) is 5.92 Å². The molecule has 0 atom stereocenters. The monoisotopic (exact) mass is 337 g/mol. The molecule has 0 N–H and O–H groups in total. The van der Waals surface area contributed by atoms with E-state index < -0.39 is 0 Å². The topological polar surface area (TPSA) is 12.5 Å². The predicted octanol–water partition coefficient (Wildman–Crippen LogP) is 5.14. The molecule has 1 heterocycles. The van der Waals surface area contributed by atoms with E-state index in [9.17, 15) is 0 Å². The fraction of sp³-hybridized carbons (Fsp3) is 0.478. The molecule has 0 aliphatic carbocycles. The molecule has 2 aromatic rings. The summed E-state index contributed by atoms with van der Waals surface area (Å²) in [5.74, 6) is 2.28. The molecule has 2 heteroatoms. The van der Waals surface area contributed by atoms with Crippen molar-refractivity contribution in [2.45, 2.75) is 39.0 Å². The van der Waals surface area contributed by atoms with E-state index in [1.165, 1.54) is 43.6 Å². The smallest absolute Gasteiger partial charge is 0.119 e. The molecule has 0 spiro atoms. The molecule has 1 aliphatic rings. The van der Waals surface area contributed by atoms with E-state index in [0.29, 0.717) is 11.8 Å². The van der Waals surface area contributed by atoms with Crippen LogP contribution in [-0.4, -0.2) is 31.1 Å². The Labute approximate surface area is 152 Å². The van der Waals surface area contributed by atoms with Gasteiger partial charge in [-0.3, -0.25) is 0 Å². The van der Waals surface area contributed by atoms with Crippen molar-refractivity contribution in [1.82, 2.24) is 4.90 Å². The molecule has 0 saturated carbocycles. The maximum Gasteiger partial charge on any atom is 0.119 e. The Kier molecular flexibility index (Phi) is 6.52. The highest BCUT2D eigenvalue weighted by Crippen LogP contribution is 2.22. The van der Waals surface area contributed by atoms with Crippen molar-refractivity contribution in [3.05, 3.63) is 65.7 Å². The molecule has 0 aromatic heterocycles. The molecule has 0 amide bonds. The molecule has 2 aromatic carbocycles. The summed E-state index contributed by atoms with van der Waals surface area (Å²) >= 11 is 0. The number of likely N-dealkylation sites (tertiary alicyclic amines) is 1. The lowest BCUT2D eigenvalue weighted by atomic mass is 9.97. The van der Waals surface area contributed by atoms with E-state index in [0.717, 1.165) is 18.8 Å². The van der Waals surface area contributed by atoms with Gasteiger partial charge < -0.3 is 9.64 Å². The Balaban J connectivity index is 1.36. The van der Waals surface area contributed by atoms with Gasteiger partial charge >= 0.3 is 0 Å². The average Bonchev–Trinajstić information content (AvgIpc) is 2.67. The number of hydrogen-bond acceptors (Lipinski definition) is 2. The standard InChI is InChI=1S/C23H31NO/c1-19(2)22-8-10-23(11-9-22)25-18-21-13-16-24(17-14-21)15-12-20-6-4-3-5-7-20/h3-11,19,21H,12-18H2,1-2H3. The molecular formula is C23H31NO. The second-order valence-electron chi connectivity index (χ2n) is 7.56. The van der Waals surface area contributed by atoms with E-state index >= 15 is 0 Å². The van der Waals surface area contributed by atoms with E-state index in [2.05, 4.69) is 73.3 Å². The van der Waals surface area contributed by atoms with Crippen molar-refractivity contribution >= 4 is 0 Å². The van der Waals surface area contributed by atoms with Crippen LogP contribution in [0.25, 0.3) is 0 Å². The summed E-state index contributed by atoms with van der Waals surface area (Å²) in [6.07, 6.45) is 3.65. The first-order valence-electron chi connectivity index (χ1n) is 9.70. The Hall–Kier alpha value is -1.80. The summed E-state index contributed by atoms with van der Waals surface area (Å²) in [5.41, 5.74) is 2.82. The van der Waals surface area contributed by atoms with Crippen LogP contribution in [0.5, 0.6) is 5.75 Å². The lowest BCUT2D eigenvalue weighted by molar-refractivity contribution is 0.142. The number of nitrogens with zero attached hydrogens (tertiary/aromatic N) is 1. The molecule has 0 unspecified atom stereocenters. The Bertz CT molecular complexity index is 612. The van der Waals surface area contributed by atoms with Gasteiger partial charge in [0.2, 0.25) is 0 Å². The van der Waals surface area contributed by atoms with Crippen LogP contribution in [0.1, 0.15) is 43.7 Å². The van der Waals surface area contributed by atoms with Crippen LogP contribution in [0.2, 0.25) is 0 Å². The molecule has 0 radical (unpaired) electrons. The second-order valence-corrected chi connectivity index (χ2v) is 7.56. The minimum atomic E-state index is 0.578. The van der Waals surface area contributed by atoms with Gasteiger partial charge in [-0.15, -0.1) is 0 Å². The summed E-state index contributed by atoms with van der Waals surface area (Å²) in [7, 11) is 0. The fourth-order valence-electron chi connectivity index (χ4n) is 3.47. The van der Waals surface area contributed by atoms with Gasteiger partial charge in [0.1, 0.15) is 5.75 Å². The van der Waals surface area contributed by atoms with Crippen molar-refractivity contribution < 1.29 is 4.74 Å². The number of ether oxygens (including phenoxy) is 1. The van der Waals surface area contributed by atoms with Crippen LogP contribution in [-0.2, 0) is 6.42 Å². The summed E-state index contributed by atoms with van der Waals surface area (Å²) in [5, 5.41) is 0.